The topological polar surface area (TPSA) is 46.9 Å². The van der Waals surface area contributed by atoms with Crippen LogP contribution in [0.15, 0.2) is 18.2 Å². The predicted molar refractivity (Wildman–Crippen MR) is 93.1 cm³/mol. The maximum absolute atomic E-state index is 12.8. The average Bonchev–Trinajstić information content (AvgIpc) is 2.84. The summed E-state index contributed by atoms with van der Waals surface area (Å²) in [5.74, 6) is 0.381. The van der Waals surface area contributed by atoms with Crippen molar-refractivity contribution in [2.24, 2.45) is 7.05 Å². The lowest BCUT2D eigenvalue weighted by Crippen LogP contribution is -2.16. The van der Waals surface area contributed by atoms with Crippen LogP contribution >= 0.6 is 0 Å². The normalized spacial score (nSPS) is 18.8. The van der Waals surface area contributed by atoms with Gasteiger partial charge in [0, 0.05) is 18.4 Å². The van der Waals surface area contributed by atoms with Gasteiger partial charge in [-0.25, -0.2) is 0 Å². The number of hydrogen-bond acceptors (Lipinski definition) is 2. The Morgan fingerprint density at radius 1 is 1.35 bits per heavy atom. The Balaban J connectivity index is 1.99. The Labute approximate surface area is 137 Å². The number of amides is 1. The number of carbonyl (C=O) groups excluding carboxylic acids is 1. The summed E-state index contributed by atoms with van der Waals surface area (Å²) in [6, 6.07) is 6.24. The minimum atomic E-state index is -0.0709. The van der Waals surface area contributed by atoms with E-state index in [1.807, 2.05) is 33.0 Å². The molecule has 0 bridgehead atoms. The summed E-state index contributed by atoms with van der Waals surface area (Å²) < 4.78 is 1.76. The van der Waals surface area contributed by atoms with Crippen molar-refractivity contribution in [3.05, 3.63) is 46.3 Å². The molecule has 2 aromatic rings. The first-order valence-electron chi connectivity index (χ1n) is 8.17. The van der Waals surface area contributed by atoms with Gasteiger partial charge in [0.15, 0.2) is 0 Å². The molecule has 1 heterocycles. The van der Waals surface area contributed by atoms with E-state index in [1.165, 1.54) is 11.1 Å². The standard InChI is InChI=1S/C19H25N3O/c1-11-10-19(4,5)14-8-7-9-15(16(11)14)20-18(23)17-12(2)21-22(6)13(17)3/h7-9,11H,10H2,1-6H3,(H,20,23)/t11-/m1/s1. The number of carbonyl (C=O) groups is 1. The van der Waals surface area contributed by atoms with Crippen molar-refractivity contribution in [2.45, 2.75) is 52.4 Å². The van der Waals surface area contributed by atoms with Crippen LogP contribution in [0.1, 0.15) is 66.0 Å². The van der Waals surface area contributed by atoms with E-state index in [2.05, 4.69) is 37.3 Å². The third-order valence-electron chi connectivity index (χ3n) is 5.13. The average molecular weight is 311 g/mol. The smallest absolute Gasteiger partial charge is 0.259 e. The first-order valence-corrected chi connectivity index (χ1v) is 8.17. The molecule has 4 nitrogen and oxygen atoms in total. The van der Waals surface area contributed by atoms with E-state index in [9.17, 15) is 4.79 Å². The lowest BCUT2D eigenvalue weighted by molar-refractivity contribution is 0.102. The Bertz CT molecular complexity index is 786. The highest BCUT2D eigenvalue weighted by atomic mass is 16.1. The molecule has 0 aliphatic heterocycles. The summed E-state index contributed by atoms with van der Waals surface area (Å²) in [4.78, 5) is 12.8. The van der Waals surface area contributed by atoms with Gasteiger partial charge in [0.1, 0.15) is 0 Å². The maximum atomic E-state index is 12.8. The van der Waals surface area contributed by atoms with Crippen LogP contribution in [-0.4, -0.2) is 15.7 Å². The van der Waals surface area contributed by atoms with Gasteiger partial charge in [-0.15, -0.1) is 0 Å². The molecule has 3 rings (SSSR count). The summed E-state index contributed by atoms with van der Waals surface area (Å²) in [7, 11) is 1.87. The molecular weight excluding hydrogens is 286 g/mol. The lowest BCUT2D eigenvalue weighted by Gasteiger charge is -2.19. The van der Waals surface area contributed by atoms with Gasteiger partial charge >= 0.3 is 0 Å². The van der Waals surface area contributed by atoms with Crippen molar-refractivity contribution in [1.29, 1.82) is 0 Å². The first kappa shape index (κ1) is 15.8. The molecule has 122 valence electrons. The van der Waals surface area contributed by atoms with E-state index in [1.54, 1.807) is 4.68 Å². The molecular formula is C19H25N3O. The fourth-order valence-electron chi connectivity index (χ4n) is 4.06. The number of aryl methyl sites for hydroxylation is 2. The van der Waals surface area contributed by atoms with E-state index in [-0.39, 0.29) is 11.3 Å². The summed E-state index contributed by atoms with van der Waals surface area (Å²) in [6.45, 7) is 10.6. The number of hydrogen-bond donors (Lipinski definition) is 1. The number of benzene rings is 1. The predicted octanol–water partition coefficient (Wildman–Crippen LogP) is 4.07. The second-order valence-corrected chi connectivity index (χ2v) is 7.38. The summed E-state index contributed by atoms with van der Waals surface area (Å²) >= 11 is 0. The maximum Gasteiger partial charge on any atom is 0.259 e. The van der Waals surface area contributed by atoms with Gasteiger partial charge in [-0.1, -0.05) is 32.9 Å². The van der Waals surface area contributed by atoms with E-state index < -0.39 is 0 Å². The fourth-order valence-corrected chi connectivity index (χ4v) is 4.06. The summed E-state index contributed by atoms with van der Waals surface area (Å²) in [6.07, 6.45) is 1.11. The molecule has 1 aromatic heterocycles. The first-order chi connectivity index (χ1) is 10.7. The van der Waals surface area contributed by atoms with Gasteiger partial charge in [0.2, 0.25) is 0 Å². The molecule has 23 heavy (non-hydrogen) atoms. The van der Waals surface area contributed by atoms with Gasteiger partial charge in [-0.3, -0.25) is 9.48 Å². The minimum Gasteiger partial charge on any atom is -0.322 e. The van der Waals surface area contributed by atoms with Crippen LogP contribution in [0.25, 0.3) is 0 Å². The van der Waals surface area contributed by atoms with E-state index in [4.69, 9.17) is 0 Å². The zero-order chi connectivity index (χ0) is 16.9. The van der Waals surface area contributed by atoms with Crippen molar-refractivity contribution in [3.63, 3.8) is 0 Å². The fraction of sp³-hybridized carbons (Fsp3) is 0.474. The van der Waals surface area contributed by atoms with Crippen LogP contribution in [0.2, 0.25) is 0 Å². The van der Waals surface area contributed by atoms with Crippen molar-refractivity contribution >= 4 is 11.6 Å². The molecule has 1 aliphatic rings. The highest BCUT2D eigenvalue weighted by Gasteiger charge is 2.36. The largest absolute Gasteiger partial charge is 0.322 e. The van der Waals surface area contributed by atoms with Crippen molar-refractivity contribution < 1.29 is 4.79 Å². The van der Waals surface area contributed by atoms with Crippen LogP contribution in [-0.2, 0) is 12.5 Å². The molecule has 0 saturated heterocycles. The number of rotatable bonds is 2. The van der Waals surface area contributed by atoms with Gasteiger partial charge in [-0.2, -0.15) is 5.10 Å². The third-order valence-corrected chi connectivity index (χ3v) is 5.13. The van der Waals surface area contributed by atoms with Gasteiger partial charge in [0.05, 0.1) is 11.3 Å². The molecule has 0 fully saturated rings. The molecule has 0 spiro atoms. The summed E-state index contributed by atoms with van der Waals surface area (Å²) in [5, 5.41) is 7.47. The van der Waals surface area contributed by atoms with Crippen LogP contribution in [0.4, 0.5) is 5.69 Å². The number of aromatic nitrogens is 2. The van der Waals surface area contributed by atoms with Gasteiger partial charge in [-0.05, 0) is 48.8 Å². The third kappa shape index (κ3) is 2.46. The second kappa shape index (κ2) is 5.22. The molecule has 1 N–H and O–H groups in total. The van der Waals surface area contributed by atoms with Crippen LogP contribution in [0, 0.1) is 13.8 Å². The van der Waals surface area contributed by atoms with Crippen molar-refractivity contribution in [3.8, 4) is 0 Å². The highest BCUT2D eigenvalue weighted by Crippen LogP contribution is 2.48. The highest BCUT2D eigenvalue weighted by molar-refractivity contribution is 6.06. The van der Waals surface area contributed by atoms with Gasteiger partial charge in [0.25, 0.3) is 5.91 Å². The lowest BCUT2D eigenvalue weighted by atomic mass is 9.86. The van der Waals surface area contributed by atoms with Crippen LogP contribution < -0.4 is 5.32 Å². The quantitative estimate of drug-likeness (QED) is 0.908. The summed E-state index contributed by atoms with van der Waals surface area (Å²) in [5.41, 5.74) is 6.07. The SMILES string of the molecule is Cc1nn(C)c(C)c1C(=O)Nc1cccc2c1[C@H](C)CC2(C)C. The van der Waals surface area contributed by atoms with E-state index >= 15 is 0 Å². The molecule has 1 aliphatic carbocycles. The molecule has 4 heteroatoms. The zero-order valence-corrected chi connectivity index (χ0v) is 14.8. The number of anilines is 1. The van der Waals surface area contributed by atoms with Crippen LogP contribution in [0.3, 0.4) is 0 Å². The Hall–Kier alpha value is -2.10. The monoisotopic (exact) mass is 311 g/mol. The Morgan fingerprint density at radius 3 is 2.65 bits per heavy atom. The number of fused-ring (bicyclic) bond motifs is 1. The zero-order valence-electron chi connectivity index (χ0n) is 14.8. The number of nitrogens with one attached hydrogen (secondary N) is 1. The van der Waals surface area contributed by atoms with Gasteiger partial charge < -0.3 is 5.32 Å². The van der Waals surface area contributed by atoms with Crippen molar-refractivity contribution in [2.75, 3.05) is 5.32 Å². The second-order valence-electron chi connectivity index (χ2n) is 7.38. The molecule has 1 atom stereocenters. The Kier molecular flexibility index (Phi) is 3.58. The molecule has 1 amide bonds. The van der Waals surface area contributed by atoms with Crippen molar-refractivity contribution in [1.82, 2.24) is 9.78 Å². The minimum absolute atomic E-state index is 0.0709. The molecule has 0 saturated carbocycles. The molecule has 1 aromatic carbocycles. The van der Waals surface area contributed by atoms with E-state index in [0.29, 0.717) is 11.5 Å². The number of nitrogens with zero attached hydrogens (tertiary/aromatic N) is 2. The Morgan fingerprint density at radius 2 is 2.04 bits per heavy atom. The van der Waals surface area contributed by atoms with Crippen LogP contribution in [0.5, 0.6) is 0 Å². The van der Waals surface area contributed by atoms with E-state index in [0.717, 1.165) is 23.5 Å². The molecule has 0 unspecified atom stereocenters. The molecule has 0 radical (unpaired) electrons.